The Labute approximate surface area is 81.8 Å². The zero-order chi connectivity index (χ0) is 11.2. The Balaban J connectivity index is 3.88. The Kier molecular flexibility index (Phi) is 4.90. The van der Waals surface area contributed by atoms with Crippen LogP contribution in [0.15, 0.2) is 5.28 Å². The van der Waals surface area contributed by atoms with E-state index >= 15 is 0 Å². The number of nitrogens with zero attached hydrogens (tertiary/aromatic N) is 4. The van der Waals surface area contributed by atoms with Gasteiger partial charge in [-0.3, -0.25) is 9.42 Å². The lowest BCUT2D eigenvalue weighted by Crippen LogP contribution is -2.37. The monoisotopic (exact) mass is 225 g/mol. The fraction of sp³-hybridized carbons (Fsp3) is 1.00. The van der Waals surface area contributed by atoms with E-state index in [1.54, 1.807) is 0 Å². The number of quaternary nitrogens is 1. The Hall–Kier alpha value is -0.780. The lowest BCUT2D eigenvalue weighted by Gasteiger charge is -2.23. The minimum atomic E-state index is -4.23. The Morgan fingerprint density at radius 3 is 2.57 bits per heavy atom. The molecule has 8 nitrogen and oxygen atoms in total. The van der Waals surface area contributed by atoms with Gasteiger partial charge in [-0.2, -0.15) is 0 Å². The fourth-order valence-electron chi connectivity index (χ4n) is 0.516. The molecule has 1 N–H and O–H groups in total. The maximum atomic E-state index is 10.9. The highest BCUT2D eigenvalue weighted by Crippen LogP contribution is 2.43. The van der Waals surface area contributed by atoms with Crippen LogP contribution in [-0.2, 0) is 13.7 Å². The zero-order valence-electron chi connectivity index (χ0n) is 8.32. The summed E-state index contributed by atoms with van der Waals surface area (Å²) in [6.07, 6.45) is 0. The summed E-state index contributed by atoms with van der Waals surface area (Å²) < 4.78 is 19.9. The number of phosphoric acid groups is 1. The maximum Gasteiger partial charge on any atom is 0.533 e. The highest BCUT2D eigenvalue weighted by atomic mass is 31.2. The van der Waals surface area contributed by atoms with E-state index in [0.717, 1.165) is 0 Å². The third-order valence-corrected chi connectivity index (χ3v) is 1.98. The summed E-state index contributed by atoms with van der Waals surface area (Å²) in [4.78, 5) is 11.0. The van der Waals surface area contributed by atoms with Gasteiger partial charge in [0.25, 0.3) is 0 Å². The lowest BCUT2D eigenvalue weighted by atomic mass is 10.5. The summed E-state index contributed by atoms with van der Waals surface area (Å²) in [6, 6.07) is 0. The smallest absolute Gasteiger partial charge is 0.336 e. The van der Waals surface area contributed by atoms with Gasteiger partial charge in [0.15, 0.2) is 0 Å². The van der Waals surface area contributed by atoms with Crippen molar-refractivity contribution in [2.75, 3.05) is 34.3 Å². The van der Waals surface area contributed by atoms with Gasteiger partial charge in [-0.15, -0.1) is 0 Å². The van der Waals surface area contributed by atoms with Gasteiger partial charge in [-0.1, -0.05) is 0 Å². The summed E-state index contributed by atoms with van der Waals surface area (Å²) in [5.74, 6) is 0. The van der Waals surface area contributed by atoms with Crippen LogP contribution in [-0.4, -0.2) is 43.7 Å². The molecule has 14 heavy (non-hydrogen) atoms. The van der Waals surface area contributed by atoms with Gasteiger partial charge < -0.3 is 9.11 Å². The van der Waals surface area contributed by atoms with Gasteiger partial charge in [0.05, 0.1) is 21.1 Å². The third-order valence-electron chi connectivity index (χ3n) is 1.19. The molecule has 0 spiro atoms. The first-order chi connectivity index (χ1) is 6.27. The predicted molar refractivity (Wildman–Crippen MR) is 48.9 cm³/mol. The minimum Gasteiger partial charge on any atom is -0.336 e. The van der Waals surface area contributed by atoms with Crippen LogP contribution in [0, 0.1) is 0 Å². The van der Waals surface area contributed by atoms with Crippen molar-refractivity contribution in [3.8, 4) is 0 Å². The van der Waals surface area contributed by atoms with Crippen LogP contribution in [0.2, 0.25) is 0 Å². The van der Waals surface area contributed by atoms with Crippen molar-refractivity contribution in [2.45, 2.75) is 0 Å². The second-order valence-electron chi connectivity index (χ2n) is 3.57. The molecule has 0 aromatic heterocycles. The van der Waals surface area contributed by atoms with Gasteiger partial charge in [0.2, 0.25) is 0 Å². The molecule has 82 valence electrons. The summed E-state index contributed by atoms with van der Waals surface area (Å²) in [6.45, 7) is 0.572. The number of phosphoric ester groups is 1. The van der Waals surface area contributed by atoms with E-state index in [9.17, 15) is 4.57 Å². The van der Waals surface area contributed by atoms with E-state index in [4.69, 9.17) is 10.4 Å². The predicted octanol–water partition coefficient (Wildman–Crippen LogP) is 1.05. The summed E-state index contributed by atoms with van der Waals surface area (Å²) in [7, 11) is 1.48. The molecular weight excluding hydrogens is 211 g/mol. The van der Waals surface area contributed by atoms with Gasteiger partial charge in [0.1, 0.15) is 18.4 Å². The highest BCUT2D eigenvalue weighted by molar-refractivity contribution is 7.47. The molecule has 0 rings (SSSR count). The van der Waals surface area contributed by atoms with Crippen LogP contribution >= 0.6 is 7.82 Å². The molecule has 0 aliphatic heterocycles. The molecule has 0 saturated carbocycles. The van der Waals surface area contributed by atoms with E-state index in [2.05, 4.69) is 19.3 Å². The summed E-state index contributed by atoms with van der Waals surface area (Å²) in [5.41, 5.74) is 7.83. The molecule has 0 bridgehead atoms. The van der Waals surface area contributed by atoms with Crippen molar-refractivity contribution in [1.29, 1.82) is 0 Å². The molecule has 9 heteroatoms. The molecule has 0 aliphatic rings. The second-order valence-corrected chi connectivity index (χ2v) is 4.93. The molecule has 1 unspecified atom stereocenters. The van der Waals surface area contributed by atoms with Gasteiger partial charge in [-0.05, 0) is 5.53 Å². The second kappa shape index (κ2) is 5.19. The molecule has 0 aliphatic carbocycles. The number of hydrogen-bond donors (Lipinski definition) is 1. The largest absolute Gasteiger partial charge is 0.533 e. The average molecular weight is 225 g/mol. The SMILES string of the molecule is C[N+](C)(C)CCOP(=O)(O)ON=[N+]=[N-]. The Morgan fingerprint density at radius 1 is 1.57 bits per heavy atom. The van der Waals surface area contributed by atoms with Crippen LogP contribution in [0.3, 0.4) is 0 Å². The lowest BCUT2D eigenvalue weighted by molar-refractivity contribution is -0.870. The first kappa shape index (κ1) is 13.2. The van der Waals surface area contributed by atoms with E-state index in [0.29, 0.717) is 11.0 Å². The van der Waals surface area contributed by atoms with Crippen molar-refractivity contribution >= 4 is 7.82 Å². The van der Waals surface area contributed by atoms with Gasteiger partial charge in [0, 0.05) is 4.91 Å². The van der Waals surface area contributed by atoms with Crippen molar-refractivity contribution in [3.05, 3.63) is 10.4 Å². The Morgan fingerprint density at radius 2 is 2.14 bits per heavy atom. The van der Waals surface area contributed by atoms with Crippen molar-refractivity contribution < 1.29 is 23.1 Å². The standard InChI is InChI=1S/C5H13N4O4P/c1-9(2,3)4-5-12-14(10,11)13-8-7-6/h4-5H2,1-3H3/p+1. The van der Waals surface area contributed by atoms with E-state index in [-0.39, 0.29) is 6.61 Å². The fourth-order valence-corrected chi connectivity index (χ4v) is 1.00. The number of rotatable bonds is 6. The first-order valence-electron chi connectivity index (χ1n) is 3.78. The summed E-state index contributed by atoms with van der Waals surface area (Å²) >= 11 is 0. The van der Waals surface area contributed by atoms with Crippen LogP contribution < -0.4 is 0 Å². The first-order valence-corrected chi connectivity index (χ1v) is 5.27. The van der Waals surface area contributed by atoms with E-state index in [1.807, 2.05) is 21.1 Å². The minimum absolute atomic E-state index is 0.0399. The molecule has 0 amide bonds. The van der Waals surface area contributed by atoms with E-state index < -0.39 is 7.82 Å². The Bertz CT molecular complexity index is 269. The van der Waals surface area contributed by atoms with Crippen LogP contribution in [0.5, 0.6) is 0 Å². The van der Waals surface area contributed by atoms with Crippen molar-refractivity contribution in [2.24, 2.45) is 5.28 Å². The van der Waals surface area contributed by atoms with Crippen molar-refractivity contribution in [1.82, 2.24) is 0 Å². The van der Waals surface area contributed by atoms with Crippen molar-refractivity contribution in [3.63, 3.8) is 0 Å². The normalized spacial score (nSPS) is 15.4. The molecule has 0 radical (unpaired) electrons. The van der Waals surface area contributed by atoms with Gasteiger partial charge >= 0.3 is 7.82 Å². The quantitative estimate of drug-likeness (QED) is 0.182. The number of hydrogen-bond acceptors (Lipinski definition) is 4. The molecule has 0 aromatic carbocycles. The molecule has 0 fully saturated rings. The van der Waals surface area contributed by atoms with Gasteiger partial charge in [-0.25, -0.2) is 4.57 Å². The topological polar surface area (TPSA) is 105 Å². The molecule has 0 aromatic rings. The molecular formula is C5H14N4O4P+. The van der Waals surface area contributed by atoms with Crippen LogP contribution in [0.4, 0.5) is 0 Å². The average Bonchev–Trinajstić information content (AvgIpc) is 1.98. The summed E-state index contributed by atoms with van der Waals surface area (Å²) in [5, 5.41) is 2.50. The van der Waals surface area contributed by atoms with Crippen LogP contribution in [0.1, 0.15) is 0 Å². The highest BCUT2D eigenvalue weighted by Gasteiger charge is 2.22. The molecule has 0 saturated heterocycles. The number of likely N-dealkylation sites (N-methyl/N-ethyl adjacent to an activating group) is 1. The third kappa shape index (κ3) is 7.85. The molecule has 1 atom stereocenters. The van der Waals surface area contributed by atoms with Crippen LogP contribution in [0.25, 0.3) is 10.4 Å². The zero-order valence-corrected chi connectivity index (χ0v) is 9.22. The van der Waals surface area contributed by atoms with E-state index in [1.165, 1.54) is 0 Å². The number of azide groups is 1. The molecule has 0 heterocycles. The maximum absolute atomic E-state index is 10.9.